The molecule has 0 aliphatic heterocycles. The Hall–Kier alpha value is -2.09. The molecule has 1 amide bonds. The van der Waals surface area contributed by atoms with Gasteiger partial charge in [0.05, 0.1) is 5.69 Å². The zero-order valence-electron chi connectivity index (χ0n) is 11.3. The number of hydrogen-bond acceptors (Lipinski definition) is 4. The first-order valence-electron chi connectivity index (χ1n) is 6.16. The maximum Gasteiger partial charge on any atom is 0.411 e. The van der Waals surface area contributed by atoms with E-state index in [1.165, 1.54) is 18.2 Å². The lowest BCUT2D eigenvalue weighted by Gasteiger charge is -2.10. The summed E-state index contributed by atoms with van der Waals surface area (Å²) in [5.74, 6) is 0. The van der Waals surface area contributed by atoms with E-state index in [0.29, 0.717) is 0 Å². The Bertz CT molecular complexity index is 779. The fourth-order valence-corrected chi connectivity index (χ4v) is 2.56. The third-order valence-corrected chi connectivity index (χ3v) is 3.90. The van der Waals surface area contributed by atoms with Crippen LogP contribution in [0.5, 0.6) is 0 Å². The summed E-state index contributed by atoms with van der Waals surface area (Å²) in [6.07, 6.45) is -0.809. The average molecular weight is 341 g/mol. The third-order valence-electron chi connectivity index (χ3n) is 2.70. The number of carbonyl (C=O) groups excluding carboxylic acids is 1. The molecule has 2 aromatic carbocycles. The van der Waals surface area contributed by atoms with Crippen LogP contribution in [0.4, 0.5) is 10.5 Å². The van der Waals surface area contributed by atoms with Crippen LogP contribution in [0.2, 0.25) is 5.02 Å². The minimum Gasteiger partial charge on any atom is -0.444 e. The second-order valence-corrected chi connectivity index (χ2v) is 6.34. The van der Waals surface area contributed by atoms with Gasteiger partial charge >= 0.3 is 6.09 Å². The van der Waals surface area contributed by atoms with Gasteiger partial charge in [-0.25, -0.2) is 18.4 Å². The monoisotopic (exact) mass is 340 g/mol. The summed E-state index contributed by atoms with van der Waals surface area (Å²) >= 11 is 5.80. The number of benzene rings is 2. The highest BCUT2D eigenvalue weighted by Gasteiger charge is 2.16. The van der Waals surface area contributed by atoms with E-state index >= 15 is 0 Å². The normalized spacial score (nSPS) is 11.0. The van der Waals surface area contributed by atoms with E-state index in [2.05, 4.69) is 5.32 Å². The summed E-state index contributed by atoms with van der Waals surface area (Å²) in [5, 5.41) is 7.66. The van der Waals surface area contributed by atoms with Gasteiger partial charge in [0.15, 0.2) is 0 Å². The highest BCUT2D eigenvalue weighted by Crippen LogP contribution is 2.24. The first kappa shape index (κ1) is 16.3. The molecule has 0 aromatic heterocycles. The van der Waals surface area contributed by atoms with Crippen LogP contribution in [0.1, 0.15) is 5.56 Å². The largest absolute Gasteiger partial charge is 0.444 e. The van der Waals surface area contributed by atoms with Crippen molar-refractivity contribution in [1.29, 1.82) is 0 Å². The first-order chi connectivity index (χ1) is 10.4. The molecule has 0 aliphatic carbocycles. The summed E-state index contributed by atoms with van der Waals surface area (Å²) < 4.78 is 27.9. The lowest BCUT2D eigenvalue weighted by Crippen LogP contribution is -2.19. The number of amides is 1. The lowest BCUT2D eigenvalue weighted by atomic mass is 10.2. The molecule has 0 aliphatic rings. The summed E-state index contributed by atoms with van der Waals surface area (Å²) in [6.45, 7) is 0.0535. The molecule has 6 nitrogen and oxygen atoms in total. The van der Waals surface area contributed by atoms with Crippen molar-refractivity contribution >= 4 is 33.4 Å². The molecule has 2 aromatic rings. The van der Waals surface area contributed by atoms with E-state index in [9.17, 15) is 13.2 Å². The molecule has 0 fully saturated rings. The van der Waals surface area contributed by atoms with Gasteiger partial charge in [0, 0.05) is 5.02 Å². The quantitative estimate of drug-likeness (QED) is 0.893. The minimum absolute atomic E-state index is 0.0342. The van der Waals surface area contributed by atoms with Crippen molar-refractivity contribution in [3.8, 4) is 0 Å². The highest BCUT2D eigenvalue weighted by atomic mass is 35.5. The van der Waals surface area contributed by atoms with E-state index in [-0.39, 0.29) is 22.2 Å². The van der Waals surface area contributed by atoms with Gasteiger partial charge in [0.1, 0.15) is 11.5 Å². The second-order valence-electron chi connectivity index (χ2n) is 4.37. The van der Waals surface area contributed by atoms with E-state index in [4.69, 9.17) is 21.5 Å². The maximum absolute atomic E-state index is 11.8. The molecule has 116 valence electrons. The van der Waals surface area contributed by atoms with Crippen LogP contribution >= 0.6 is 11.6 Å². The van der Waals surface area contributed by atoms with Crippen LogP contribution < -0.4 is 10.5 Å². The smallest absolute Gasteiger partial charge is 0.411 e. The van der Waals surface area contributed by atoms with Gasteiger partial charge < -0.3 is 4.74 Å². The van der Waals surface area contributed by atoms with Crippen molar-refractivity contribution in [1.82, 2.24) is 0 Å². The fourth-order valence-electron chi connectivity index (χ4n) is 1.72. The van der Waals surface area contributed by atoms with Gasteiger partial charge in [-0.1, -0.05) is 41.9 Å². The Morgan fingerprint density at radius 3 is 2.50 bits per heavy atom. The molecule has 0 saturated heterocycles. The number of primary sulfonamides is 1. The lowest BCUT2D eigenvalue weighted by molar-refractivity contribution is 0.155. The first-order valence-corrected chi connectivity index (χ1v) is 8.09. The van der Waals surface area contributed by atoms with Crippen LogP contribution in [0.25, 0.3) is 0 Å². The molecule has 0 radical (unpaired) electrons. The van der Waals surface area contributed by atoms with Gasteiger partial charge in [-0.3, -0.25) is 5.32 Å². The zero-order valence-corrected chi connectivity index (χ0v) is 12.9. The number of nitrogens with one attached hydrogen (secondary N) is 1. The summed E-state index contributed by atoms with van der Waals surface area (Å²) in [5.41, 5.74) is 0.767. The van der Waals surface area contributed by atoms with Crippen molar-refractivity contribution in [3.63, 3.8) is 0 Å². The Labute approximate surface area is 132 Å². The fraction of sp³-hybridized carbons (Fsp3) is 0.0714. The van der Waals surface area contributed by atoms with Gasteiger partial charge in [0.2, 0.25) is 10.0 Å². The number of sulfonamides is 1. The van der Waals surface area contributed by atoms with Gasteiger partial charge in [-0.2, -0.15) is 0 Å². The number of rotatable bonds is 4. The van der Waals surface area contributed by atoms with Crippen LogP contribution in [-0.4, -0.2) is 14.5 Å². The van der Waals surface area contributed by atoms with Gasteiger partial charge in [-0.05, 0) is 23.8 Å². The number of hydrogen-bond donors (Lipinski definition) is 2. The molecule has 0 unspecified atom stereocenters. The Morgan fingerprint density at radius 2 is 1.86 bits per heavy atom. The minimum atomic E-state index is -3.99. The molecule has 2 rings (SSSR count). The molecule has 0 saturated carbocycles. The molecule has 0 spiro atoms. The topological polar surface area (TPSA) is 98.5 Å². The van der Waals surface area contributed by atoms with Crippen LogP contribution in [-0.2, 0) is 21.4 Å². The predicted molar refractivity (Wildman–Crippen MR) is 83.1 cm³/mol. The van der Waals surface area contributed by atoms with Crippen molar-refractivity contribution in [2.75, 3.05) is 5.32 Å². The molecule has 22 heavy (non-hydrogen) atoms. The zero-order chi connectivity index (χ0) is 16.2. The number of nitrogens with two attached hydrogens (primary N) is 1. The van der Waals surface area contributed by atoms with Gasteiger partial charge in [0.25, 0.3) is 0 Å². The standard InChI is InChI=1S/C14H13ClN2O4S/c15-11-6-7-13(22(16,19)20)12(8-11)17-14(18)21-9-10-4-2-1-3-5-10/h1-8H,9H2,(H,17,18)(H2,16,19,20). The van der Waals surface area contributed by atoms with Crippen molar-refractivity contribution < 1.29 is 17.9 Å². The number of halogens is 1. The summed E-state index contributed by atoms with van der Waals surface area (Å²) in [6, 6.07) is 12.9. The van der Waals surface area contributed by atoms with Crippen LogP contribution in [0.3, 0.4) is 0 Å². The molecular weight excluding hydrogens is 328 g/mol. The summed E-state index contributed by atoms with van der Waals surface area (Å²) in [4.78, 5) is 11.5. The molecule has 0 atom stereocenters. The third kappa shape index (κ3) is 4.45. The van der Waals surface area contributed by atoms with E-state index in [0.717, 1.165) is 5.56 Å². The molecular formula is C14H13ClN2O4S. The molecule has 0 bridgehead atoms. The predicted octanol–water partition coefficient (Wildman–Crippen LogP) is 2.74. The van der Waals surface area contributed by atoms with Crippen molar-refractivity contribution in [3.05, 3.63) is 59.1 Å². The van der Waals surface area contributed by atoms with E-state index in [1.807, 2.05) is 18.2 Å². The highest BCUT2D eigenvalue weighted by molar-refractivity contribution is 7.89. The van der Waals surface area contributed by atoms with Gasteiger partial charge in [-0.15, -0.1) is 0 Å². The Kier molecular flexibility index (Phi) is 5.02. The number of ether oxygens (including phenoxy) is 1. The average Bonchev–Trinajstić information content (AvgIpc) is 2.45. The Morgan fingerprint density at radius 1 is 1.18 bits per heavy atom. The van der Waals surface area contributed by atoms with E-state index in [1.54, 1.807) is 12.1 Å². The second kappa shape index (κ2) is 6.78. The van der Waals surface area contributed by atoms with Crippen molar-refractivity contribution in [2.45, 2.75) is 11.5 Å². The maximum atomic E-state index is 11.8. The molecule has 8 heteroatoms. The van der Waals surface area contributed by atoms with E-state index < -0.39 is 16.1 Å². The van der Waals surface area contributed by atoms with Crippen molar-refractivity contribution in [2.24, 2.45) is 5.14 Å². The molecule has 0 heterocycles. The number of carbonyl (C=O) groups is 1. The van der Waals surface area contributed by atoms with Crippen LogP contribution in [0, 0.1) is 0 Å². The Balaban J connectivity index is 2.10. The number of anilines is 1. The molecule has 3 N–H and O–H groups in total. The SMILES string of the molecule is NS(=O)(=O)c1ccc(Cl)cc1NC(=O)OCc1ccccc1. The van der Waals surface area contributed by atoms with Crippen LogP contribution in [0.15, 0.2) is 53.4 Å². The summed E-state index contributed by atoms with van der Waals surface area (Å²) in [7, 11) is -3.99.